The first-order valence-electron chi connectivity index (χ1n) is 7.42. The molecule has 0 heterocycles. The van der Waals surface area contributed by atoms with Gasteiger partial charge in [-0.25, -0.2) is 0 Å². The number of benzene rings is 1. The number of amides is 1. The summed E-state index contributed by atoms with van der Waals surface area (Å²) in [6.07, 6.45) is 2.93. The molecule has 1 aliphatic carbocycles. The normalized spacial score (nSPS) is 23.4. The highest BCUT2D eigenvalue weighted by Crippen LogP contribution is 2.23. The zero-order chi connectivity index (χ0) is 15.2. The number of rotatable bonds is 5. The Hall–Kier alpha value is -1.26. The van der Waals surface area contributed by atoms with Gasteiger partial charge in [0, 0.05) is 11.6 Å². The minimum Gasteiger partial charge on any atom is -0.481 e. The van der Waals surface area contributed by atoms with Crippen molar-refractivity contribution in [2.75, 3.05) is 6.54 Å². The van der Waals surface area contributed by atoms with Gasteiger partial charge in [0.1, 0.15) is 5.75 Å². The van der Waals surface area contributed by atoms with Gasteiger partial charge in [0.2, 0.25) is 0 Å². The Morgan fingerprint density at radius 1 is 1.52 bits per heavy atom. The SMILES string of the molecule is CC(Oc1cccc(Cl)c1)C(=O)NCC1CCCC(O)C1. The fourth-order valence-electron chi connectivity index (χ4n) is 2.63. The van der Waals surface area contributed by atoms with Crippen molar-refractivity contribution in [3.8, 4) is 5.75 Å². The Balaban J connectivity index is 1.77. The van der Waals surface area contributed by atoms with E-state index < -0.39 is 6.10 Å². The van der Waals surface area contributed by atoms with E-state index in [0.29, 0.717) is 23.2 Å². The standard InChI is InChI=1S/C16H22ClNO3/c1-11(21-15-7-3-5-13(17)9-15)16(20)18-10-12-4-2-6-14(19)8-12/h3,5,7,9,11-12,14,19H,2,4,6,8,10H2,1H3,(H,18,20). The Morgan fingerprint density at radius 2 is 2.33 bits per heavy atom. The third-order valence-electron chi connectivity index (χ3n) is 3.80. The number of aliphatic hydroxyl groups excluding tert-OH is 1. The topological polar surface area (TPSA) is 58.6 Å². The van der Waals surface area contributed by atoms with Gasteiger partial charge >= 0.3 is 0 Å². The summed E-state index contributed by atoms with van der Waals surface area (Å²) < 4.78 is 5.57. The number of aliphatic hydroxyl groups is 1. The first kappa shape index (κ1) is 16.1. The number of halogens is 1. The molecule has 21 heavy (non-hydrogen) atoms. The van der Waals surface area contributed by atoms with E-state index in [2.05, 4.69) is 5.32 Å². The second-order valence-electron chi connectivity index (χ2n) is 5.65. The van der Waals surface area contributed by atoms with Crippen molar-refractivity contribution in [3.63, 3.8) is 0 Å². The van der Waals surface area contributed by atoms with Crippen LogP contribution in [0.2, 0.25) is 5.02 Å². The molecular formula is C16H22ClNO3. The average Bonchev–Trinajstić information content (AvgIpc) is 2.45. The predicted molar refractivity (Wildman–Crippen MR) is 82.5 cm³/mol. The monoisotopic (exact) mass is 311 g/mol. The quantitative estimate of drug-likeness (QED) is 0.879. The van der Waals surface area contributed by atoms with Crippen LogP contribution in [0.25, 0.3) is 0 Å². The molecule has 116 valence electrons. The lowest BCUT2D eigenvalue weighted by atomic mass is 9.87. The Bertz CT molecular complexity index is 480. The molecule has 3 atom stereocenters. The van der Waals surface area contributed by atoms with Crippen molar-refractivity contribution >= 4 is 17.5 Å². The summed E-state index contributed by atoms with van der Waals surface area (Å²) >= 11 is 5.88. The van der Waals surface area contributed by atoms with Crippen LogP contribution in [0.3, 0.4) is 0 Å². The van der Waals surface area contributed by atoms with Gasteiger partial charge in [0.15, 0.2) is 6.10 Å². The lowest BCUT2D eigenvalue weighted by Gasteiger charge is -2.26. The Morgan fingerprint density at radius 3 is 3.05 bits per heavy atom. The van der Waals surface area contributed by atoms with Crippen LogP contribution in [0.5, 0.6) is 5.75 Å². The zero-order valence-electron chi connectivity index (χ0n) is 12.2. The van der Waals surface area contributed by atoms with Gasteiger partial charge in [0.25, 0.3) is 5.91 Å². The van der Waals surface area contributed by atoms with E-state index in [1.54, 1.807) is 31.2 Å². The molecule has 2 rings (SSSR count). The van der Waals surface area contributed by atoms with Crippen molar-refractivity contribution in [2.24, 2.45) is 5.92 Å². The molecule has 1 saturated carbocycles. The highest BCUT2D eigenvalue weighted by molar-refractivity contribution is 6.30. The van der Waals surface area contributed by atoms with E-state index in [1.807, 2.05) is 0 Å². The molecule has 1 amide bonds. The molecule has 0 bridgehead atoms. The summed E-state index contributed by atoms with van der Waals surface area (Å²) in [4.78, 5) is 12.0. The fourth-order valence-corrected chi connectivity index (χ4v) is 2.81. The summed E-state index contributed by atoms with van der Waals surface area (Å²) in [5.41, 5.74) is 0. The molecule has 1 fully saturated rings. The maximum atomic E-state index is 12.0. The summed E-state index contributed by atoms with van der Waals surface area (Å²) in [7, 11) is 0. The molecule has 3 unspecified atom stereocenters. The summed E-state index contributed by atoms with van der Waals surface area (Å²) in [5, 5.41) is 13.1. The molecular weight excluding hydrogens is 290 g/mol. The highest BCUT2D eigenvalue weighted by atomic mass is 35.5. The lowest BCUT2D eigenvalue weighted by molar-refractivity contribution is -0.127. The fraction of sp³-hybridized carbons (Fsp3) is 0.562. The van der Waals surface area contributed by atoms with E-state index in [1.165, 1.54) is 0 Å². The van der Waals surface area contributed by atoms with E-state index in [0.717, 1.165) is 25.7 Å². The second-order valence-corrected chi connectivity index (χ2v) is 6.09. The molecule has 0 aliphatic heterocycles. The molecule has 0 saturated heterocycles. The summed E-state index contributed by atoms with van der Waals surface area (Å²) in [6.45, 7) is 2.31. The van der Waals surface area contributed by atoms with Crippen LogP contribution in [0, 0.1) is 5.92 Å². The van der Waals surface area contributed by atoms with Crippen molar-refractivity contribution in [1.82, 2.24) is 5.32 Å². The number of hydrogen-bond donors (Lipinski definition) is 2. The number of carbonyl (C=O) groups excluding carboxylic acids is 1. The van der Waals surface area contributed by atoms with Crippen molar-refractivity contribution in [2.45, 2.75) is 44.8 Å². The smallest absolute Gasteiger partial charge is 0.260 e. The lowest BCUT2D eigenvalue weighted by Crippen LogP contribution is -2.40. The van der Waals surface area contributed by atoms with Crippen LogP contribution >= 0.6 is 11.6 Å². The summed E-state index contributed by atoms with van der Waals surface area (Å²) in [5.74, 6) is 0.796. The number of hydrogen-bond acceptors (Lipinski definition) is 3. The highest BCUT2D eigenvalue weighted by Gasteiger charge is 2.22. The third-order valence-corrected chi connectivity index (χ3v) is 4.03. The number of nitrogens with one attached hydrogen (secondary N) is 1. The van der Waals surface area contributed by atoms with Gasteiger partial charge in [-0.3, -0.25) is 4.79 Å². The molecule has 1 aromatic carbocycles. The van der Waals surface area contributed by atoms with E-state index in [-0.39, 0.29) is 12.0 Å². The van der Waals surface area contributed by atoms with Gasteiger partial charge in [-0.2, -0.15) is 0 Å². The van der Waals surface area contributed by atoms with Gasteiger partial charge in [0.05, 0.1) is 6.10 Å². The summed E-state index contributed by atoms with van der Waals surface area (Å²) in [6, 6.07) is 7.00. The molecule has 1 aliphatic rings. The molecule has 1 aromatic rings. The van der Waals surface area contributed by atoms with Crippen LogP contribution in [0.1, 0.15) is 32.6 Å². The Labute approximate surface area is 130 Å². The number of carbonyl (C=O) groups is 1. The van der Waals surface area contributed by atoms with E-state index in [4.69, 9.17) is 16.3 Å². The molecule has 5 heteroatoms. The van der Waals surface area contributed by atoms with Gasteiger partial charge in [-0.1, -0.05) is 24.1 Å². The van der Waals surface area contributed by atoms with E-state index in [9.17, 15) is 9.90 Å². The average molecular weight is 312 g/mol. The van der Waals surface area contributed by atoms with Crippen LogP contribution in [0.4, 0.5) is 0 Å². The third kappa shape index (κ3) is 5.21. The maximum absolute atomic E-state index is 12.0. The minimum atomic E-state index is -0.572. The van der Waals surface area contributed by atoms with Gasteiger partial charge < -0.3 is 15.2 Å². The van der Waals surface area contributed by atoms with Crippen molar-refractivity contribution in [1.29, 1.82) is 0 Å². The molecule has 4 nitrogen and oxygen atoms in total. The van der Waals surface area contributed by atoms with Crippen LogP contribution in [-0.2, 0) is 4.79 Å². The van der Waals surface area contributed by atoms with E-state index >= 15 is 0 Å². The second kappa shape index (κ2) is 7.66. The molecule has 0 spiro atoms. The minimum absolute atomic E-state index is 0.143. The maximum Gasteiger partial charge on any atom is 0.260 e. The van der Waals surface area contributed by atoms with Crippen LogP contribution in [0.15, 0.2) is 24.3 Å². The first-order chi connectivity index (χ1) is 10.0. The molecule has 0 radical (unpaired) electrons. The van der Waals surface area contributed by atoms with Crippen LogP contribution in [-0.4, -0.2) is 29.8 Å². The first-order valence-corrected chi connectivity index (χ1v) is 7.80. The van der Waals surface area contributed by atoms with Crippen LogP contribution < -0.4 is 10.1 Å². The van der Waals surface area contributed by atoms with Crippen molar-refractivity contribution < 1.29 is 14.6 Å². The Kier molecular flexibility index (Phi) is 5.88. The predicted octanol–water partition coefficient (Wildman–Crippen LogP) is 2.77. The zero-order valence-corrected chi connectivity index (χ0v) is 13.0. The molecule has 2 N–H and O–H groups in total. The largest absolute Gasteiger partial charge is 0.481 e. The number of ether oxygens (including phenoxy) is 1. The van der Waals surface area contributed by atoms with Crippen molar-refractivity contribution in [3.05, 3.63) is 29.3 Å². The van der Waals surface area contributed by atoms with Gasteiger partial charge in [-0.05, 0) is 50.3 Å². The molecule has 0 aromatic heterocycles. The van der Waals surface area contributed by atoms with Gasteiger partial charge in [-0.15, -0.1) is 0 Å².